The molecule has 1 N–H and O–H groups in total. The monoisotopic (exact) mass is 271 g/mol. The summed E-state index contributed by atoms with van der Waals surface area (Å²) in [5.74, 6) is 0.131. The molecule has 17 heavy (non-hydrogen) atoms. The summed E-state index contributed by atoms with van der Waals surface area (Å²) >= 11 is 11.0. The first kappa shape index (κ1) is 12.0. The van der Waals surface area contributed by atoms with Gasteiger partial charge in [0.1, 0.15) is 5.75 Å². The highest BCUT2D eigenvalue weighted by molar-refractivity contribution is 6.61. The first-order valence-electron chi connectivity index (χ1n) is 4.68. The average Bonchev–Trinajstić information content (AvgIpc) is 2.25. The Kier molecular flexibility index (Phi) is 3.09. The predicted molar refractivity (Wildman–Crippen MR) is 66.2 cm³/mol. The zero-order chi connectivity index (χ0) is 12.6. The minimum Gasteiger partial charge on any atom is -0.413 e. The van der Waals surface area contributed by atoms with Gasteiger partial charge in [-0.05, 0) is 25.1 Å². The van der Waals surface area contributed by atoms with E-state index < -0.39 is 5.43 Å². The maximum atomic E-state index is 11.6. The molecule has 0 unspecified atom stereocenters. The van der Waals surface area contributed by atoms with Crippen molar-refractivity contribution < 1.29 is 9.53 Å². The van der Waals surface area contributed by atoms with Gasteiger partial charge in [0, 0.05) is 22.0 Å². The van der Waals surface area contributed by atoms with E-state index in [1.165, 1.54) is 6.92 Å². The Morgan fingerprint density at radius 2 is 2.12 bits per heavy atom. The van der Waals surface area contributed by atoms with Crippen molar-refractivity contribution in [3.63, 3.8) is 0 Å². The number of carbonyl (C=O) groups excluding carboxylic acids is 1. The minimum atomic E-state index is -1.00. The number of ether oxygens (including phenoxy) is 1. The van der Waals surface area contributed by atoms with Crippen molar-refractivity contribution in [1.82, 2.24) is 4.98 Å². The molecule has 0 aliphatic carbocycles. The number of fused-ring (bicyclic) bond motifs is 1. The Balaban J connectivity index is 2.84. The van der Waals surface area contributed by atoms with E-state index >= 15 is 0 Å². The molecule has 0 saturated heterocycles. The first-order chi connectivity index (χ1) is 7.99. The van der Waals surface area contributed by atoms with E-state index in [9.17, 15) is 9.59 Å². The fourth-order valence-corrected chi connectivity index (χ4v) is 1.80. The number of H-pyrrole nitrogens is 1. The molecule has 0 aliphatic heterocycles. The molecular weight excluding hydrogens is 265 g/mol. The molecule has 2 rings (SSSR count). The number of aromatic amines is 1. The highest BCUT2D eigenvalue weighted by Crippen LogP contribution is 2.28. The molecule has 0 fully saturated rings. The molecule has 0 bridgehead atoms. The predicted octanol–water partition coefficient (Wildman–Crippen LogP) is 3.23. The van der Waals surface area contributed by atoms with Crippen LogP contribution in [-0.4, -0.2) is 10.4 Å². The van der Waals surface area contributed by atoms with Gasteiger partial charge < -0.3 is 9.72 Å². The maximum absolute atomic E-state index is 11.6. The van der Waals surface area contributed by atoms with Gasteiger partial charge in [0.05, 0.1) is 11.1 Å². The second-order valence-corrected chi connectivity index (χ2v) is 4.18. The molecule has 1 aromatic carbocycles. The molecule has 4 nitrogen and oxygen atoms in total. The lowest BCUT2D eigenvalue weighted by atomic mass is 10.1. The molecule has 0 atom stereocenters. The topological polar surface area (TPSA) is 59.2 Å². The molecule has 1 aromatic heterocycles. The van der Waals surface area contributed by atoms with Crippen molar-refractivity contribution in [2.24, 2.45) is 0 Å². The lowest BCUT2D eigenvalue weighted by molar-refractivity contribution is 0.226. The summed E-state index contributed by atoms with van der Waals surface area (Å²) in [6.45, 7) is 1.54. The Labute approximate surface area is 106 Å². The third kappa shape index (κ3) is 2.28. The zero-order valence-corrected chi connectivity index (χ0v) is 10.2. The van der Waals surface area contributed by atoms with E-state index in [0.29, 0.717) is 15.9 Å². The summed E-state index contributed by atoms with van der Waals surface area (Å²) < 4.78 is 4.84. The molecule has 2 aromatic rings. The zero-order valence-electron chi connectivity index (χ0n) is 8.71. The van der Waals surface area contributed by atoms with Crippen LogP contribution in [0.2, 0.25) is 5.02 Å². The van der Waals surface area contributed by atoms with E-state index in [2.05, 4.69) is 4.98 Å². The number of aromatic nitrogens is 1. The van der Waals surface area contributed by atoms with Crippen molar-refractivity contribution in [3.8, 4) is 5.75 Å². The molecule has 0 aliphatic rings. The van der Waals surface area contributed by atoms with Crippen LogP contribution in [0.5, 0.6) is 5.75 Å². The van der Waals surface area contributed by atoms with Gasteiger partial charge in [-0.15, -0.1) is 0 Å². The van der Waals surface area contributed by atoms with Gasteiger partial charge in [0.2, 0.25) is 0 Å². The van der Waals surface area contributed by atoms with E-state index in [4.69, 9.17) is 27.9 Å². The van der Waals surface area contributed by atoms with Crippen molar-refractivity contribution in [2.45, 2.75) is 6.92 Å². The standard InChI is InChI=1S/C11H7Cl2NO3/c1-5-9(17-11(13)16)7-4-6(12)2-3-8(7)14-10(5)15/h2-4H,1H3,(H,14,15). The Hall–Kier alpha value is -1.52. The molecule has 0 radical (unpaired) electrons. The number of hydrogen-bond acceptors (Lipinski definition) is 3. The lowest BCUT2D eigenvalue weighted by Gasteiger charge is -2.08. The van der Waals surface area contributed by atoms with E-state index in [1.807, 2.05) is 0 Å². The maximum Gasteiger partial charge on any atom is 0.409 e. The second-order valence-electron chi connectivity index (χ2n) is 3.44. The summed E-state index contributed by atoms with van der Waals surface area (Å²) in [5, 5.41) is 0.999. The number of nitrogens with one attached hydrogen (secondary N) is 1. The van der Waals surface area contributed by atoms with E-state index in [0.717, 1.165) is 0 Å². The highest BCUT2D eigenvalue weighted by atomic mass is 35.5. The summed E-state index contributed by atoms with van der Waals surface area (Å²) in [6.07, 6.45) is 0. The van der Waals surface area contributed by atoms with Gasteiger partial charge >= 0.3 is 5.43 Å². The van der Waals surface area contributed by atoms with Crippen LogP contribution in [0.1, 0.15) is 5.56 Å². The number of rotatable bonds is 1. The fourth-order valence-electron chi connectivity index (χ4n) is 1.55. The summed E-state index contributed by atoms with van der Waals surface area (Å²) in [5.41, 5.74) is -0.542. The number of benzene rings is 1. The van der Waals surface area contributed by atoms with Gasteiger partial charge in [-0.3, -0.25) is 4.79 Å². The number of halogens is 2. The lowest BCUT2D eigenvalue weighted by Crippen LogP contribution is -2.13. The van der Waals surface area contributed by atoms with Gasteiger partial charge in [-0.25, -0.2) is 4.79 Å². The van der Waals surface area contributed by atoms with Crippen LogP contribution in [0, 0.1) is 6.92 Å². The van der Waals surface area contributed by atoms with Gasteiger partial charge in [-0.2, -0.15) is 0 Å². The van der Waals surface area contributed by atoms with Gasteiger partial charge in [-0.1, -0.05) is 11.6 Å². The largest absolute Gasteiger partial charge is 0.413 e. The average molecular weight is 272 g/mol. The number of pyridine rings is 1. The number of hydrogen-bond donors (Lipinski definition) is 1. The smallest absolute Gasteiger partial charge is 0.409 e. The van der Waals surface area contributed by atoms with Crippen molar-refractivity contribution >= 4 is 39.5 Å². The van der Waals surface area contributed by atoms with E-state index in [1.54, 1.807) is 18.2 Å². The van der Waals surface area contributed by atoms with Crippen LogP contribution < -0.4 is 10.3 Å². The second kappa shape index (κ2) is 4.39. The van der Waals surface area contributed by atoms with Crippen molar-refractivity contribution in [2.75, 3.05) is 0 Å². The van der Waals surface area contributed by atoms with Crippen molar-refractivity contribution in [3.05, 3.63) is 39.1 Å². The summed E-state index contributed by atoms with van der Waals surface area (Å²) in [7, 11) is 0. The first-order valence-corrected chi connectivity index (χ1v) is 5.44. The van der Waals surface area contributed by atoms with Crippen LogP contribution in [0.15, 0.2) is 23.0 Å². The van der Waals surface area contributed by atoms with E-state index in [-0.39, 0.29) is 16.9 Å². The molecule has 0 spiro atoms. The third-order valence-electron chi connectivity index (χ3n) is 2.34. The molecule has 6 heteroatoms. The van der Waals surface area contributed by atoms with Crippen LogP contribution in [0.4, 0.5) is 4.79 Å². The molecule has 88 valence electrons. The normalized spacial score (nSPS) is 10.5. The van der Waals surface area contributed by atoms with Crippen LogP contribution >= 0.6 is 23.2 Å². The summed E-state index contributed by atoms with van der Waals surface area (Å²) in [6, 6.07) is 4.85. The Morgan fingerprint density at radius 3 is 2.76 bits per heavy atom. The van der Waals surface area contributed by atoms with Crippen LogP contribution in [-0.2, 0) is 0 Å². The van der Waals surface area contributed by atoms with Gasteiger partial charge in [0.15, 0.2) is 0 Å². The third-order valence-corrected chi connectivity index (χ3v) is 2.65. The Bertz CT molecular complexity index is 664. The fraction of sp³-hybridized carbons (Fsp3) is 0.0909. The van der Waals surface area contributed by atoms with Crippen LogP contribution in [0.3, 0.4) is 0 Å². The number of carbonyl (C=O) groups is 1. The SMILES string of the molecule is Cc1c(OC(=O)Cl)c2cc(Cl)ccc2[nH]c1=O. The molecule has 0 amide bonds. The molecule has 0 saturated carbocycles. The minimum absolute atomic E-state index is 0.131. The molecule has 1 heterocycles. The highest BCUT2D eigenvalue weighted by Gasteiger charge is 2.13. The Morgan fingerprint density at radius 1 is 1.41 bits per heavy atom. The van der Waals surface area contributed by atoms with Gasteiger partial charge in [0.25, 0.3) is 5.56 Å². The quantitative estimate of drug-likeness (QED) is 0.811. The summed E-state index contributed by atoms with van der Waals surface area (Å²) in [4.78, 5) is 25.1. The van der Waals surface area contributed by atoms with Crippen LogP contribution in [0.25, 0.3) is 10.9 Å². The van der Waals surface area contributed by atoms with Crippen molar-refractivity contribution in [1.29, 1.82) is 0 Å². The molecular formula is C11H7Cl2NO3.